The Kier molecular flexibility index (Phi) is 9.58. The average Bonchev–Trinajstić information content (AvgIpc) is 3.65. The van der Waals surface area contributed by atoms with Crippen LogP contribution in [-0.2, 0) is 33.9 Å². The molecule has 1 saturated heterocycles. The van der Waals surface area contributed by atoms with E-state index < -0.39 is 23.3 Å². The summed E-state index contributed by atoms with van der Waals surface area (Å²) in [6.07, 6.45) is 1.79. The molecule has 9 nitrogen and oxygen atoms in total. The van der Waals surface area contributed by atoms with E-state index in [0.29, 0.717) is 16.6 Å². The maximum atomic E-state index is 13.6. The zero-order valence-electron chi connectivity index (χ0n) is 23.9. The molecule has 220 valence electrons. The summed E-state index contributed by atoms with van der Waals surface area (Å²) < 4.78 is 10.7. The van der Waals surface area contributed by atoms with E-state index in [0.717, 1.165) is 28.8 Å². The molecule has 0 radical (unpaired) electrons. The van der Waals surface area contributed by atoms with Crippen LogP contribution in [0.1, 0.15) is 41.5 Å². The first-order valence-corrected chi connectivity index (χ1v) is 14.8. The highest BCUT2D eigenvalue weighted by molar-refractivity contribution is 8.15. The van der Waals surface area contributed by atoms with Gasteiger partial charge in [0.1, 0.15) is 23.7 Å². The van der Waals surface area contributed by atoms with Crippen molar-refractivity contribution in [2.45, 2.75) is 44.7 Å². The summed E-state index contributed by atoms with van der Waals surface area (Å²) in [5.74, 6) is 0.161. The number of anilines is 1. The lowest BCUT2D eigenvalue weighted by Gasteiger charge is -2.16. The minimum Gasteiger partial charge on any atom is -0.467 e. The number of thioether (sulfide) groups is 1. The standard InChI is InChI=1S/C33H32N4O5S/c1-3-23-11-7-12-27(19-23)36-32-37(20-28-13-8-18-41-28)31(39)29(43-32)25-14-16-26(17-15-25)35-30(38)22(2)34-33(40)42-21-24-9-5-4-6-10-24/h4-19,22,29H,3,20-21H2,1-2H3,(H,34,40)(H,35,38)/b36-32-/t22-,29?/m0/s1. The largest absolute Gasteiger partial charge is 0.467 e. The summed E-state index contributed by atoms with van der Waals surface area (Å²) in [6, 6.07) is 27.1. The number of aliphatic imine (C=N–C) groups is 1. The molecule has 1 fully saturated rings. The molecule has 1 aromatic heterocycles. The van der Waals surface area contributed by atoms with E-state index in [4.69, 9.17) is 14.1 Å². The van der Waals surface area contributed by atoms with Gasteiger partial charge in [0.15, 0.2) is 5.17 Å². The Bertz CT molecular complexity index is 1590. The van der Waals surface area contributed by atoms with Gasteiger partial charge in [-0.25, -0.2) is 9.79 Å². The molecule has 3 aromatic carbocycles. The SMILES string of the molecule is CCc1cccc(/N=C2\SC(c3ccc(NC(=O)[C@H](C)NC(=O)OCc4ccccc4)cc3)C(=O)N2Cc2ccco2)c1. The van der Waals surface area contributed by atoms with E-state index in [9.17, 15) is 14.4 Å². The summed E-state index contributed by atoms with van der Waals surface area (Å²) in [7, 11) is 0. The Balaban J connectivity index is 1.23. The second-order valence-electron chi connectivity index (χ2n) is 9.96. The van der Waals surface area contributed by atoms with Crippen LogP contribution in [-0.4, -0.2) is 34.0 Å². The lowest BCUT2D eigenvalue weighted by Crippen LogP contribution is -2.41. The molecule has 1 aliphatic rings. The Labute approximate surface area is 254 Å². The van der Waals surface area contributed by atoms with E-state index in [-0.39, 0.29) is 19.1 Å². The van der Waals surface area contributed by atoms with Crippen LogP contribution in [0.5, 0.6) is 0 Å². The molecule has 1 aliphatic heterocycles. The van der Waals surface area contributed by atoms with Crippen LogP contribution in [0.2, 0.25) is 0 Å². The van der Waals surface area contributed by atoms with Crippen molar-refractivity contribution in [3.8, 4) is 0 Å². The number of nitrogens with zero attached hydrogens (tertiary/aromatic N) is 2. The van der Waals surface area contributed by atoms with Crippen LogP contribution in [0.4, 0.5) is 16.2 Å². The number of ether oxygens (including phenoxy) is 1. The number of benzene rings is 3. The van der Waals surface area contributed by atoms with Crippen LogP contribution < -0.4 is 10.6 Å². The van der Waals surface area contributed by atoms with Crippen molar-refractivity contribution in [2.24, 2.45) is 4.99 Å². The lowest BCUT2D eigenvalue weighted by atomic mass is 10.1. The van der Waals surface area contributed by atoms with Crippen LogP contribution >= 0.6 is 11.8 Å². The fraction of sp³-hybridized carbons (Fsp3) is 0.212. The van der Waals surface area contributed by atoms with Gasteiger partial charge in [0, 0.05) is 5.69 Å². The fourth-order valence-corrected chi connectivity index (χ4v) is 5.58. The van der Waals surface area contributed by atoms with Gasteiger partial charge in [0.2, 0.25) is 11.8 Å². The number of nitrogens with one attached hydrogen (secondary N) is 2. The van der Waals surface area contributed by atoms with Gasteiger partial charge < -0.3 is 19.8 Å². The lowest BCUT2D eigenvalue weighted by molar-refractivity contribution is -0.126. The van der Waals surface area contributed by atoms with Crippen molar-refractivity contribution in [3.63, 3.8) is 0 Å². The van der Waals surface area contributed by atoms with Crippen molar-refractivity contribution in [3.05, 3.63) is 120 Å². The van der Waals surface area contributed by atoms with Gasteiger partial charge in [-0.15, -0.1) is 0 Å². The van der Waals surface area contributed by atoms with Crippen LogP contribution in [0.25, 0.3) is 0 Å². The molecule has 2 N–H and O–H groups in total. The van der Waals surface area contributed by atoms with Crippen LogP contribution in [0, 0.1) is 0 Å². The number of furan rings is 1. The maximum absolute atomic E-state index is 13.6. The van der Waals surface area contributed by atoms with Crippen molar-refractivity contribution >= 4 is 46.2 Å². The average molecular weight is 597 g/mol. The number of aryl methyl sites for hydroxylation is 1. The van der Waals surface area contributed by atoms with Crippen LogP contribution in [0.15, 0.2) is 107 Å². The molecule has 0 aliphatic carbocycles. The molecule has 10 heteroatoms. The number of amides is 3. The number of amidine groups is 1. The summed E-state index contributed by atoms with van der Waals surface area (Å²) in [5.41, 5.74) is 4.11. The normalized spacial score (nSPS) is 16.2. The van der Waals surface area contributed by atoms with Crippen molar-refractivity contribution in [1.29, 1.82) is 0 Å². The first kappa shape index (κ1) is 29.7. The first-order valence-electron chi connectivity index (χ1n) is 14.0. The molecule has 4 aromatic rings. The number of alkyl carbamates (subject to hydrolysis) is 1. The third-order valence-corrected chi connectivity index (χ3v) is 8.04. The number of rotatable bonds is 10. The molecule has 0 bridgehead atoms. The minimum atomic E-state index is -0.824. The summed E-state index contributed by atoms with van der Waals surface area (Å²) in [5, 5.41) is 5.42. The predicted molar refractivity (Wildman–Crippen MR) is 167 cm³/mol. The monoisotopic (exact) mass is 596 g/mol. The van der Waals surface area contributed by atoms with Gasteiger partial charge in [-0.05, 0) is 66.4 Å². The summed E-state index contributed by atoms with van der Waals surface area (Å²) >= 11 is 1.38. The minimum absolute atomic E-state index is 0.101. The summed E-state index contributed by atoms with van der Waals surface area (Å²) in [6.45, 7) is 4.04. The Morgan fingerprint density at radius 1 is 1.00 bits per heavy atom. The molecule has 2 atom stereocenters. The van der Waals surface area contributed by atoms with E-state index in [2.05, 4.69) is 23.6 Å². The second-order valence-corrected chi connectivity index (χ2v) is 11.0. The molecule has 5 rings (SSSR count). The quantitative estimate of drug-likeness (QED) is 0.213. The highest BCUT2D eigenvalue weighted by atomic mass is 32.2. The molecular weight excluding hydrogens is 564 g/mol. The molecule has 2 heterocycles. The third-order valence-electron chi connectivity index (χ3n) is 6.80. The number of hydrogen-bond donors (Lipinski definition) is 2. The van der Waals surface area contributed by atoms with Gasteiger partial charge in [0.25, 0.3) is 0 Å². The van der Waals surface area contributed by atoms with Gasteiger partial charge in [-0.3, -0.25) is 14.5 Å². The second kappa shape index (κ2) is 13.9. The zero-order chi connectivity index (χ0) is 30.2. The maximum Gasteiger partial charge on any atom is 0.408 e. The first-order chi connectivity index (χ1) is 20.9. The van der Waals surface area contributed by atoms with E-state index in [1.807, 2.05) is 66.7 Å². The molecule has 1 unspecified atom stereocenters. The van der Waals surface area contributed by atoms with Gasteiger partial charge in [-0.2, -0.15) is 0 Å². The Hall–Kier alpha value is -4.83. The van der Waals surface area contributed by atoms with Gasteiger partial charge >= 0.3 is 6.09 Å². The molecule has 0 spiro atoms. The van der Waals surface area contributed by atoms with Crippen molar-refractivity contribution in [1.82, 2.24) is 10.2 Å². The number of carbonyl (C=O) groups excluding carboxylic acids is 3. The summed E-state index contributed by atoms with van der Waals surface area (Å²) in [4.78, 5) is 44.9. The van der Waals surface area contributed by atoms with Crippen LogP contribution in [0.3, 0.4) is 0 Å². The smallest absolute Gasteiger partial charge is 0.408 e. The van der Waals surface area contributed by atoms with E-state index in [1.165, 1.54) is 11.8 Å². The Morgan fingerprint density at radius 3 is 2.49 bits per heavy atom. The van der Waals surface area contributed by atoms with Gasteiger partial charge in [0.05, 0.1) is 18.5 Å². The van der Waals surface area contributed by atoms with Crippen molar-refractivity contribution < 1.29 is 23.5 Å². The molecule has 43 heavy (non-hydrogen) atoms. The highest BCUT2D eigenvalue weighted by Gasteiger charge is 2.39. The molecule has 0 saturated carbocycles. The predicted octanol–water partition coefficient (Wildman–Crippen LogP) is 6.60. The topological polar surface area (TPSA) is 113 Å². The molecular formula is C33H32N4O5S. The highest BCUT2D eigenvalue weighted by Crippen LogP contribution is 2.41. The number of carbonyl (C=O) groups is 3. The number of hydrogen-bond acceptors (Lipinski definition) is 7. The van der Waals surface area contributed by atoms with Crippen molar-refractivity contribution in [2.75, 3.05) is 5.32 Å². The fourth-order valence-electron chi connectivity index (χ4n) is 4.41. The zero-order valence-corrected chi connectivity index (χ0v) is 24.7. The van der Waals surface area contributed by atoms with E-state index in [1.54, 1.807) is 36.3 Å². The van der Waals surface area contributed by atoms with E-state index >= 15 is 0 Å². The molecule has 3 amide bonds. The Morgan fingerprint density at radius 2 is 1.77 bits per heavy atom. The third kappa shape index (κ3) is 7.72. The van der Waals surface area contributed by atoms with Gasteiger partial charge in [-0.1, -0.05) is 73.3 Å².